The average Bonchev–Trinajstić information content (AvgIpc) is 2.80. The minimum Gasteiger partial charge on any atom is -0.459 e. The van der Waals surface area contributed by atoms with Gasteiger partial charge in [0.25, 0.3) is 11.6 Å². The molecular formula is C23H21ClN2O6S. The Morgan fingerprint density at radius 1 is 1.21 bits per heavy atom. The van der Waals surface area contributed by atoms with Gasteiger partial charge in [-0.15, -0.1) is 0 Å². The summed E-state index contributed by atoms with van der Waals surface area (Å²) in [5.41, 5.74) is 1.00. The number of halogens is 1. The molecule has 0 saturated carbocycles. The summed E-state index contributed by atoms with van der Waals surface area (Å²) < 4.78 is 5.22. The number of thioether (sulfide) groups is 1. The summed E-state index contributed by atoms with van der Waals surface area (Å²) in [7, 11) is 0. The quantitative estimate of drug-likeness (QED) is 0.135. The highest BCUT2D eigenvalue weighted by molar-refractivity contribution is 8.13. The normalized spacial score (nSPS) is 17.4. The van der Waals surface area contributed by atoms with Crippen LogP contribution in [0.15, 0.2) is 65.1 Å². The maximum Gasteiger partial charge on any atom is 0.326 e. The zero-order valence-electron chi connectivity index (χ0n) is 17.9. The SMILES string of the molecule is C/C=C1/C(=O)N(CC(=O)OCc2ccc([N+](=O)[O-])cc2)[C@@H]1[C@@H](C)C(=O)Sc1ccc(Cl)cc1. The summed E-state index contributed by atoms with van der Waals surface area (Å²) in [5, 5.41) is 11.1. The molecule has 33 heavy (non-hydrogen) atoms. The topological polar surface area (TPSA) is 107 Å². The molecule has 1 amide bonds. The van der Waals surface area contributed by atoms with Crippen LogP contribution in [0.1, 0.15) is 19.4 Å². The maximum atomic E-state index is 12.8. The molecule has 1 aliphatic rings. The summed E-state index contributed by atoms with van der Waals surface area (Å²) >= 11 is 6.94. The molecule has 0 radical (unpaired) electrons. The lowest BCUT2D eigenvalue weighted by Crippen LogP contribution is -2.60. The van der Waals surface area contributed by atoms with Crippen LogP contribution in [0.25, 0.3) is 0 Å². The monoisotopic (exact) mass is 488 g/mol. The van der Waals surface area contributed by atoms with E-state index >= 15 is 0 Å². The van der Waals surface area contributed by atoms with E-state index in [1.807, 2.05) is 0 Å². The molecule has 1 saturated heterocycles. The van der Waals surface area contributed by atoms with Gasteiger partial charge in [-0.05, 0) is 48.9 Å². The standard InChI is InChI=1S/C23H21ClN2O6S/c1-3-19-21(14(2)23(29)33-18-10-6-16(24)7-11-18)25(22(19)28)12-20(27)32-13-15-4-8-17(9-5-15)26(30)31/h3-11,14,21H,12-13H2,1-2H3/b19-3+/t14-,21-/m1/s1. The van der Waals surface area contributed by atoms with Crippen molar-refractivity contribution in [3.63, 3.8) is 0 Å². The second-order valence-electron chi connectivity index (χ2n) is 7.37. The van der Waals surface area contributed by atoms with E-state index in [1.165, 1.54) is 29.2 Å². The number of nitro groups is 1. The number of nitro benzene ring substituents is 1. The van der Waals surface area contributed by atoms with E-state index in [0.29, 0.717) is 16.2 Å². The number of non-ortho nitro benzene ring substituents is 1. The molecule has 1 fully saturated rings. The second kappa shape index (κ2) is 10.6. The molecule has 10 heteroatoms. The van der Waals surface area contributed by atoms with Crippen molar-refractivity contribution in [1.29, 1.82) is 0 Å². The number of nitrogens with zero attached hydrogens (tertiary/aromatic N) is 2. The van der Waals surface area contributed by atoms with Crippen LogP contribution in [0.5, 0.6) is 0 Å². The Kier molecular flexibility index (Phi) is 7.88. The molecule has 2 aromatic carbocycles. The lowest BCUT2D eigenvalue weighted by atomic mass is 9.85. The highest BCUT2D eigenvalue weighted by Crippen LogP contribution is 2.35. The Hall–Kier alpha value is -3.17. The third kappa shape index (κ3) is 5.80. The first-order valence-electron chi connectivity index (χ1n) is 10.0. The number of esters is 1. The number of carbonyl (C=O) groups is 3. The van der Waals surface area contributed by atoms with Gasteiger partial charge < -0.3 is 9.64 Å². The summed E-state index contributed by atoms with van der Waals surface area (Å²) in [6.07, 6.45) is 1.66. The van der Waals surface area contributed by atoms with E-state index in [0.717, 1.165) is 16.7 Å². The Morgan fingerprint density at radius 2 is 1.85 bits per heavy atom. The molecule has 1 aliphatic heterocycles. The predicted molar refractivity (Wildman–Crippen MR) is 124 cm³/mol. The van der Waals surface area contributed by atoms with E-state index in [4.69, 9.17) is 16.3 Å². The third-order valence-electron chi connectivity index (χ3n) is 5.20. The summed E-state index contributed by atoms with van der Waals surface area (Å²) in [6, 6.07) is 12.0. The predicted octanol–water partition coefficient (Wildman–Crippen LogP) is 4.40. The van der Waals surface area contributed by atoms with Crippen LogP contribution in [0.4, 0.5) is 5.69 Å². The second-order valence-corrected chi connectivity index (χ2v) is 8.88. The highest BCUT2D eigenvalue weighted by atomic mass is 35.5. The molecule has 0 unspecified atom stereocenters. The smallest absolute Gasteiger partial charge is 0.326 e. The minimum absolute atomic E-state index is 0.0619. The van der Waals surface area contributed by atoms with Crippen LogP contribution >= 0.6 is 23.4 Å². The summed E-state index contributed by atoms with van der Waals surface area (Å²) in [5.74, 6) is -1.49. The molecule has 0 aliphatic carbocycles. The molecule has 2 atom stereocenters. The number of β-lactam (4-membered cyclic amide) rings is 1. The number of allylic oxidation sites excluding steroid dienone is 1. The van der Waals surface area contributed by atoms with E-state index in [-0.39, 0.29) is 29.9 Å². The van der Waals surface area contributed by atoms with E-state index in [1.54, 1.807) is 44.2 Å². The van der Waals surface area contributed by atoms with Gasteiger partial charge in [-0.25, -0.2) is 0 Å². The Labute approximate surface area is 199 Å². The number of rotatable bonds is 8. The number of hydrogen-bond acceptors (Lipinski definition) is 7. The van der Waals surface area contributed by atoms with Gasteiger partial charge in [-0.1, -0.05) is 36.4 Å². The number of benzene rings is 2. The van der Waals surface area contributed by atoms with Gasteiger partial charge in [0.15, 0.2) is 5.12 Å². The Morgan fingerprint density at radius 3 is 2.42 bits per heavy atom. The zero-order chi connectivity index (χ0) is 24.1. The van der Waals surface area contributed by atoms with Crippen molar-refractivity contribution >= 4 is 46.0 Å². The van der Waals surface area contributed by atoms with Crippen molar-refractivity contribution in [2.75, 3.05) is 6.54 Å². The van der Waals surface area contributed by atoms with Crippen LogP contribution in [0.3, 0.4) is 0 Å². The highest BCUT2D eigenvalue weighted by Gasteiger charge is 2.47. The first-order valence-corrected chi connectivity index (χ1v) is 11.2. The molecule has 0 N–H and O–H groups in total. The molecule has 0 bridgehead atoms. The Balaban J connectivity index is 1.60. The van der Waals surface area contributed by atoms with E-state index < -0.39 is 22.9 Å². The molecule has 0 spiro atoms. The number of ether oxygens (including phenoxy) is 1. The van der Waals surface area contributed by atoms with Crippen molar-refractivity contribution in [3.05, 3.63) is 80.9 Å². The fourth-order valence-electron chi connectivity index (χ4n) is 3.43. The number of hydrogen-bond donors (Lipinski definition) is 0. The van der Waals surface area contributed by atoms with Crippen molar-refractivity contribution in [2.45, 2.75) is 31.4 Å². The maximum absolute atomic E-state index is 12.8. The molecule has 0 aromatic heterocycles. The summed E-state index contributed by atoms with van der Waals surface area (Å²) in [6.45, 7) is 3.06. The molecule has 2 aromatic rings. The first-order chi connectivity index (χ1) is 15.7. The number of carbonyl (C=O) groups excluding carboxylic acids is 3. The van der Waals surface area contributed by atoms with Crippen molar-refractivity contribution in [3.8, 4) is 0 Å². The van der Waals surface area contributed by atoms with Crippen molar-refractivity contribution in [2.24, 2.45) is 5.92 Å². The number of amides is 1. The summed E-state index contributed by atoms with van der Waals surface area (Å²) in [4.78, 5) is 49.9. The van der Waals surface area contributed by atoms with Crippen LogP contribution < -0.4 is 0 Å². The van der Waals surface area contributed by atoms with Gasteiger partial charge in [-0.2, -0.15) is 0 Å². The van der Waals surface area contributed by atoms with Crippen LogP contribution in [-0.2, 0) is 25.7 Å². The van der Waals surface area contributed by atoms with E-state index in [2.05, 4.69) is 0 Å². The minimum atomic E-state index is -0.633. The van der Waals surface area contributed by atoms with Gasteiger partial charge >= 0.3 is 5.97 Å². The van der Waals surface area contributed by atoms with Crippen LogP contribution in [0, 0.1) is 16.0 Å². The third-order valence-corrected chi connectivity index (χ3v) is 6.53. The van der Waals surface area contributed by atoms with Gasteiger partial charge in [-0.3, -0.25) is 24.5 Å². The molecular weight excluding hydrogens is 468 g/mol. The van der Waals surface area contributed by atoms with E-state index in [9.17, 15) is 24.5 Å². The largest absolute Gasteiger partial charge is 0.459 e. The van der Waals surface area contributed by atoms with Crippen molar-refractivity contribution < 1.29 is 24.0 Å². The fraction of sp³-hybridized carbons (Fsp3) is 0.261. The van der Waals surface area contributed by atoms with Gasteiger partial charge in [0.2, 0.25) is 0 Å². The lowest BCUT2D eigenvalue weighted by molar-refractivity contribution is -0.384. The van der Waals surface area contributed by atoms with Gasteiger partial charge in [0.1, 0.15) is 13.2 Å². The fourth-order valence-corrected chi connectivity index (χ4v) is 4.37. The van der Waals surface area contributed by atoms with Crippen LogP contribution in [-0.4, -0.2) is 39.4 Å². The molecule has 172 valence electrons. The van der Waals surface area contributed by atoms with Gasteiger partial charge in [0.05, 0.1) is 16.9 Å². The van der Waals surface area contributed by atoms with Gasteiger partial charge in [0, 0.05) is 27.6 Å². The van der Waals surface area contributed by atoms with Crippen molar-refractivity contribution in [1.82, 2.24) is 4.90 Å². The molecule has 3 rings (SSSR count). The Bertz CT molecular complexity index is 1100. The van der Waals surface area contributed by atoms with Crippen LogP contribution in [0.2, 0.25) is 5.02 Å². The lowest BCUT2D eigenvalue weighted by Gasteiger charge is -2.44. The molecule has 1 heterocycles. The zero-order valence-corrected chi connectivity index (χ0v) is 19.5. The molecule has 8 nitrogen and oxygen atoms in total. The first kappa shape index (κ1) is 24.5. The number of likely N-dealkylation sites (tertiary alicyclic amines) is 1. The average molecular weight is 489 g/mol.